The van der Waals surface area contributed by atoms with Crippen LogP contribution in [-0.4, -0.2) is 19.5 Å². The maximum Gasteiger partial charge on any atom is 0.279 e. The van der Waals surface area contributed by atoms with Crippen LogP contribution in [0, 0.1) is 6.92 Å². The minimum Gasteiger partial charge on any atom is -0.323 e. The zero-order valence-corrected chi connectivity index (χ0v) is 13.9. The number of hydrogen-bond acceptors (Lipinski definition) is 1. The Morgan fingerprint density at radius 2 is 1.91 bits per heavy atom. The molecule has 0 aromatic heterocycles. The predicted octanol–water partition coefficient (Wildman–Crippen LogP) is 2.53. The zero-order chi connectivity index (χ0) is 16.2. The van der Waals surface area contributed by atoms with E-state index in [4.69, 9.17) is 0 Å². The van der Waals surface area contributed by atoms with E-state index < -0.39 is 0 Å². The van der Waals surface area contributed by atoms with Crippen molar-refractivity contribution in [3.63, 3.8) is 0 Å². The number of likely N-dealkylation sites (N-methyl/N-ethyl adjacent to an activating group) is 1. The fourth-order valence-corrected chi connectivity index (χ4v) is 3.48. The maximum atomic E-state index is 12.3. The Labute approximate surface area is 138 Å². The van der Waals surface area contributed by atoms with E-state index in [1.807, 2.05) is 31.2 Å². The second-order valence-electron chi connectivity index (χ2n) is 6.58. The molecule has 3 rings (SSSR count). The highest BCUT2D eigenvalue weighted by atomic mass is 16.2. The molecule has 2 aromatic rings. The first-order valence-electron chi connectivity index (χ1n) is 8.40. The van der Waals surface area contributed by atoms with Crippen LogP contribution in [0.3, 0.4) is 0 Å². The van der Waals surface area contributed by atoms with Gasteiger partial charge in [0.2, 0.25) is 0 Å². The number of quaternary nitrogens is 1. The van der Waals surface area contributed by atoms with Gasteiger partial charge in [-0.05, 0) is 37.5 Å². The topological polar surface area (TPSA) is 33.5 Å². The van der Waals surface area contributed by atoms with Crippen LogP contribution in [0.1, 0.15) is 35.6 Å². The molecular formula is C20H25N2O+. The molecule has 0 spiro atoms. The first kappa shape index (κ1) is 15.8. The molecule has 23 heavy (non-hydrogen) atoms. The third kappa shape index (κ3) is 3.80. The van der Waals surface area contributed by atoms with E-state index >= 15 is 0 Å². The summed E-state index contributed by atoms with van der Waals surface area (Å²) in [6, 6.07) is 17.0. The second kappa shape index (κ2) is 6.97. The molecule has 3 heteroatoms. The van der Waals surface area contributed by atoms with Crippen molar-refractivity contribution in [3.05, 3.63) is 65.2 Å². The molecule has 1 unspecified atom stereocenters. The monoisotopic (exact) mass is 309 g/mol. The van der Waals surface area contributed by atoms with Gasteiger partial charge in [-0.25, -0.2) is 0 Å². The lowest BCUT2D eigenvalue weighted by molar-refractivity contribution is -0.905. The van der Waals surface area contributed by atoms with Crippen molar-refractivity contribution in [3.8, 4) is 0 Å². The van der Waals surface area contributed by atoms with Gasteiger partial charge >= 0.3 is 0 Å². The summed E-state index contributed by atoms with van der Waals surface area (Å²) in [4.78, 5) is 13.6. The van der Waals surface area contributed by atoms with Crippen LogP contribution < -0.4 is 10.2 Å². The van der Waals surface area contributed by atoms with Crippen molar-refractivity contribution in [2.45, 2.75) is 32.2 Å². The van der Waals surface area contributed by atoms with Crippen molar-refractivity contribution >= 4 is 11.6 Å². The summed E-state index contributed by atoms with van der Waals surface area (Å²) in [6.45, 7) is 2.54. The molecule has 0 radical (unpaired) electrons. The normalized spacial score (nSPS) is 18.1. The standard InChI is InChI=1S/C20H24N2O/c1-15-10-12-17(13-11-15)21-20(23)14-22(2)19-9-5-7-16-6-3-4-8-18(16)19/h3-4,6,8,10-13,19H,5,7,9,14H2,1-2H3,(H,21,23)/p+1/t19-/m1/s1. The lowest BCUT2D eigenvalue weighted by Gasteiger charge is -2.30. The Morgan fingerprint density at radius 1 is 1.17 bits per heavy atom. The van der Waals surface area contributed by atoms with Gasteiger partial charge in [0.15, 0.2) is 6.54 Å². The Balaban J connectivity index is 1.64. The SMILES string of the molecule is Cc1ccc(NC(=O)C[NH+](C)[C@@H]2CCCc3ccccc32)cc1. The summed E-state index contributed by atoms with van der Waals surface area (Å²) in [7, 11) is 2.13. The minimum atomic E-state index is 0.0782. The fourth-order valence-electron chi connectivity index (χ4n) is 3.48. The molecule has 2 N–H and O–H groups in total. The molecule has 2 atom stereocenters. The molecule has 0 saturated heterocycles. The van der Waals surface area contributed by atoms with Crippen LogP contribution in [0.5, 0.6) is 0 Å². The predicted molar refractivity (Wildman–Crippen MR) is 93.7 cm³/mol. The fraction of sp³-hybridized carbons (Fsp3) is 0.350. The van der Waals surface area contributed by atoms with Crippen LogP contribution in [0.25, 0.3) is 0 Å². The highest BCUT2D eigenvalue weighted by Gasteiger charge is 2.27. The van der Waals surface area contributed by atoms with Gasteiger partial charge in [0.05, 0.1) is 7.05 Å². The van der Waals surface area contributed by atoms with E-state index in [-0.39, 0.29) is 5.91 Å². The van der Waals surface area contributed by atoms with Crippen molar-refractivity contribution in [1.82, 2.24) is 0 Å². The average Bonchev–Trinajstić information content (AvgIpc) is 2.56. The van der Waals surface area contributed by atoms with Gasteiger partial charge in [-0.1, -0.05) is 42.0 Å². The van der Waals surface area contributed by atoms with Crippen molar-refractivity contribution in [2.24, 2.45) is 0 Å². The number of rotatable bonds is 4. The Kier molecular flexibility index (Phi) is 4.77. The summed E-state index contributed by atoms with van der Waals surface area (Å²) in [5, 5.41) is 3.00. The van der Waals surface area contributed by atoms with Gasteiger partial charge in [-0.3, -0.25) is 4.79 Å². The van der Waals surface area contributed by atoms with Gasteiger partial charge < -0.3 is 10.2 Å². The van der Waals surface area contributed by atoms with Gasteiger partial charge in [-0.15, -0.1) is 0 Å². The molecule has 0 fully saturated rings. The highest BCUT2D eigenvalue weighted by molar-refractivity contribution is 5.91. The van der Waals surface area contributed by atoms with Crippen molar-refractivity contribution < 1.29 is 9.69 Å². The van der Waals surface area contributed by atoms with Crippen LogP contribution >= 0.6 is 0 Å². The van der Waals surface area contributed by atoms with Crippen LogP contribution in [0.15, 0.2) is 48.5 Å². The van der Waals surface area contributed by atoms with E-state index in [1.54, 1.807) is 0 Å². The first-order valence-corrected chi connectivity index (χ1v) is 8.40. The lowest BCUT2D eigenvalue weighted by atomic mass is 9.87. The summed E-state index contributed by atoms with van der Waals surface area (Å²) in [6.07, 6.45) is 3.52. The molecule has 0 saturated carbocycles. The summed E-state index contributed by atoms with van der Waals surface area (Å²) >= 11 is 0. The molecule has 0 bridgehead atoms. The number of nitrogens with one attached hydrogen (secondary N) is 2. The van der Waals surface area contributed by atoms with Gasteiger partial charge in [0.1, 0.15) is 6.04 Å². The highest BCUT2D eigenvalue weighted by Crippen LogP contribution is 2.27. The van der Waals surface area contributed by atoms with Crippen LogP contribution in [0.2, 0.25) is 0 Å². The summed E-state index contributed by atoms with van der Waals surface area (Å²) in [5.41, 5.74) is 4.93. The number of benzene rings is 2. The van der Waals surface area contributed by atoms with E-state index in [1.165, 1.54) is 28.0 Å². The second-order valence-corrected chi connectivity index (χ2v) is 6.58. The lowest BCUT2D eigenvalue weighted by Crippen LogP contribution is -3.10. The molecule has 1 aliphatic rings. The average molecular weight is 309 g/mol. The smallest absolute Gasteiger partial charge is 0.279 e. The van der Waals surface area contributed by atoms with Gasteiger partial charge in [0.25, 0.3) is 5.91 Å². The Morgan fingerprint density at radius 3 is 2.70 bits per heavy atom. The van der Waals surface area contributed by atoms with Crippen LogP contribution in [-0.2, 0) is 11.2 Å². The summed E-state index contributed by atoms with van der Waals surface area (Å²) in [5.74, 6) is 0.0782. The van der Waals surface area contributed by atoms with Crippen molar-refractivity contribution in [1.29, 1.82) is 0 Å². The number of aryl methyl sites for hydroxylation is 2. The third-order valence-electron chi connectivity index (χ3n) is 4.74. The number of fused-ring (bicyclic) bond motifs is 1. The maximum absolute atomic E-state index is 12.3. The third-order valence-corrected chi connectivity index (χ3v) is 4.74. The Hall–Kier alpha value is -2.13. The van der Waals surface area contributed by atoms with E-state index in [9.17, 15) is 4.79 Å². The number of hydrogen-bond donors (Lipinski definition) is 2. The quantitative estimate of drug-likeness (QED) is 0.894. The molecule has 0 aliphatic heterocycles. The number of anilines is 1. The molecule has 3 nitrogen and oxygen atoms in total. The zero-order valence-electron chi connectivity index (χ0n) is 13.9. The Bertz CT molecular complexity index is 678. The molecule has 1 amide bonds. The number of carbonyl (C=O) groups is 1. The van der Waals surface area contributed by atoms with E-state index in [2.05, 4.69) is 36.6 Å². The van der Waals surface area contributed by atoms with Crippen molar-refractivity contribution in [2.75, 3.05) is 18.9 Å². The summed E-state index contributed by atoms with van der Waals surface area (Å²) < 4.78 is 0. The van der Waals surface area contributed by atoms with Crippen LogP contribution in [0.4, 0.5) is 5.69 Å². The van der Waals surface area contributed by atoms with Gasteiger partial charge in [-0.2, -0.15) is 0 Å². The molecule has 2 aromatic carbocycles. The molecule has 120 valence electrons. The molecule has 1 aliphatic carbocycles. The van der Waals surface area contributed by atoms with Gasteiger partial charge in [0, 0.05) is 17.7 Å². The first-order chi connectivity index (χ1) is 11.1. The molecule has 0 heterocycles. The number of carbonyl (C=O) groups excluding carboxylic acids is 1. The molecular weight excluding hydrogens is 284 g/mol. The largest absolute Gasteiger partial charge is 0.323 e. The number of amides is 1. The van der Waals surface area contributed by atoms with E-state index in [0.29, 0.717) is 12.6 Å². The van der Waals surface area contributed by atoms with E-state index in [0.717, 1.165) is 18.5 Å². The minimum absolute atomic E-state index is 0.0782.